The zero-order valence-corrected chi connectivity index (χ0v) is 24.6. The Morgan fingerprint density at radius 2 is 0.861 bits per heavy atom. The molecule has 0 aromatic carbocycles. The van der Waals surface area contributed by atoms with Crippen molar-refractivity contribution in [3.63, 3.8) is 0 Å². The number of carbonyl (C=O) groups excluding carboxylic acids is 2. The lowest BCUT2D eigenvalue weighted by Crippen LogP contribution is -2.36. The minimum Gasteiger partial charge on any atom is -0.346 e. The number of carbonyl (C=O) groups is 2. The van der Waals surface area contributed by atoms with E-state index in [1.165, 1.54) is 109 Å². The second-order valence-corrected chi connectivity index (χ2v) is 10.8. The van der Waals surface area contributed by atoms with Gasteiger partial charge in [0.05, 0.1) is 0 Å². The van der Waals surface area contributed by atoms with Gasteiger partial charge in [0, 0.05) is 33.1 Å². The Labute approximate surface area is 225 Å². The van der Waals surface area contributed by atoms with E-state index in [0.717, 1.165) is 45.2 Å². The molecule has 0 atom stereocenters. The highest BCUT2D eigenvalue weighted by molar-refractivity contribution is 5.75. The maximum Gasteiger partial charge on any atom is 0.314 e. The second kappa shape index (κ2) is 28.3. The van der Waals surface area contributed by atoms with Crippen LogP contribution in [0.15, 0.2) is 0 Å². The zero-order chi connectivity index (χ0) is 26.5. The van der Waals surface area contributed by atoms with Crippen molar-refractivity contribution in [2.75, 3.05) is 26.7 Å². The fourth-order valence-corrected chi connectivity index (χ4v) is 4.63. The fraction of sp³-hybridized carbons (Fsp3) is 0.935. The van der Waals surface area contributed by atoms with Gasteiger partial charge in [-0.2, -0.15) is 0 Å². The molecule has 5 heteroatoms. The van der Waals surface area contributed by atoms with E-state index in [1.54, 1.807) is 0 Å². The highest BCUT2D eigenvalue weighted by Gasteiger charge is 2.07. The molecule has 214 valence electrons. The molecule has 0 bridgehead atoms. The van der Waals surface area contributed by atoms with E-state index in [4.69, 9.17) is 0 Å². The molecule has 0 heterocycles. The quantitative estimate of drug-likeness (QED) is 0.109. The molecule has 0 saturated carbocycles. The molecule has 36 heavy (non-hydrogen) atoms. The van der Waals surface area contributed by atoms with Crippen LogP contribution >= 0.6 is 0 Å². The van der Waals surface area contributed by atoms with Gasteiger partial charge < -0.3 is 15.5 Å². The molecule has 0 rings (SSSR count). The summed E-state index contributed by atoms with van der Waals surface area (Å²) in [6.45, 7) is 6.78. The summed E-state index contributed by atoms with van der Waals surface area (Å²) >= 11 is 0. The van der Waals surface area contributed by atoms with Gasteiger partial charge in [-0.3, -0.25) is 4.79 Å². The first-order valence-electron chi connectivity index (χ1n) is 15.9. The first-order valence-corrected chi connectivity index (χ1v) is 15.9. The Balaban J connectivity index is 3.28. The van der Waals surface area contributed by atoms with Crippen molar-refractivity contribution in [3.8, 4) is 0 Å². The number of nitrogens with one attached hydrogen (secondary N) is 2. The Kier molecular flexibility index (Phi) is 27.3. The van der Waals surface area contributed by atoms with E-state index in [-0.39, 0.29) is 11.9 Å². The van der Waals surface area contributed by atoms with Crippen LogP contribution in [0.2, 0.25) is 0 Å². The van der Waals surface area contributed by atoms with E-state index in [2.05, 4.69) is 24.5 Å². The lowest BCUT2D eigenvalue weighted by atomic mass is 10.0. The monoisotopic (exact) mass is 509 g/mol. The van der Waals surface area contributed by atoms with Gasteiger partial charge in [-0.05, 0) is 25.7 Å². The molecule has 0 aliphatic rings. The summed E-state index contributed by atoms with van der Waals surface area (Å²) in [5, 5.41) is 5.91. The van der Waals surface area contributed by atoms with Gasteiger partial charge in [-0.15, -0.1) is 0 Å². The molecule has 0 saturated heterocycles. The van der Waals surface area contributed by atoms with Crippen LogP contribution in [0.5, 0.6) is 0 Å². The Morgan fingerprint density at radius 3 is 1.31 bits per heavy atom. The van der Waals surface area contributed by atoms with Gasteiger partial charge in [0.2, 0.25) is 5.91 Å². The van der Waals surface area contributed by atoms with Gasteiger partial charge in [-0.1, -0.05) is 129 Å². The average Bonchev–Trinajstić information content (AvgIpc) is 2.87. The lowest BCUT2D eigenvalue weighted by molar-refractivity contribution is -0.130. The number of urea groups is 1. The Hall–Kier alpha value is -1.26. The summed E-state index contributed by atoms with van der Waals surface area (Å²) in [5.74, 6) is 0.246. The number of nitrogens with zero attached hydrogens (tertiary/aromatic N) is 1. The molecule has 0 spiro atoms. The molecule has 2 N–H and O–H groups in total. The van der Waals surface area contributed by atoms with Gasteiger partial charge in [0.15, 0.2) is 0 Å². The maximum absolute atomic E-state index is 12.1. The predicted molar refractivity (Wildman–Crippen MR) is 157 cm³/mol. The van der Waals surface area contributed by atoms with Crippen LogP contribution in [0.3, 0.4) is 0 Å². The number of hydrogen-bond donors (Lipinski definition) is 2. The molecule has 0 aliphatic carbocycles. The summed E-state index contributed by atoms with van der Waals surface area (Å²) in [6, 6.07) is -0.0531. The second-order valence-electron chi connectivity index (χ2n) is 10.8. The molecule has 0 aliphatic heterocycles. The molecule has 0 radical (unpaired) electrons. The van der Waals surface area contributed by atoms with Gasteiger partial charge in [0.1, 0.15) is 0 Å². The van der Waals surface area contributed by atoms with Crippen molar-refractivity contribution in [1.82, 2.24) is 15.5 Å². The van der Waals surface area contributed by atoms with Gasteiger partial charge >= 0.3 is 6.03 Å². The number of rotatable bonds is 27. The number of hydrogen-bond acceptors (Lipinski definition) is 2. The fourth-order valence-electron chi connectivity index (χ4n) is 4.63. The smallest absolute Gasteiger partial charge is 0.314 e. The largest absolute Gasteiger partial charge is 0.346 e. The highest BCUT2D eigenvalue weighted by Crippen LogP contribution is 2.13. The van der Waals surface area contributed by atoms with Crippen molar-refractivity contribution < 1.29 is 9.59 Å². The normalized spacial score (nSPS) is 11.0. The van der Waals surface area contributed by atoms with Crippen LogP contribution in [0.4, 0.5) is 4.79 Å². The molecular formula is C31H63N3O2. The van der Waals surface area contributed by atoms with Crippen LogP contribution in [-0.2, 0) is 4.79 Å². The Bertz CT molecular complexity index is 484. The lowest BCUT2D eigenvalue weighted by Gasteiger charge is -2.16. The molecule has 0 aromatic heterocycles. The van der Waals surface area contributed by atoms with E-state index in [1.807, 2.05) is 11.9 Å². The summed E-state index contributed by atoms with van der Waals surface area (Å²) in [7, 11) is 1.91. The number of unbranched alkanes of at least 4 members (excludes halogenated alkanes) is 19. The van der Waals surface area contributed by atoms with E-state index in [9.17, 15) is 9.59 Å². The summed E-state index contributed by atoms with van der Waals surface area (Å²) in [4.78, 5) is 25.8. The molecule has 3 amide bonds. The SMILES string of the molecule is CCCCCCCCCCCCCCCCCCNC(=O)NCCCCCC(=O)N(C)CCCCC. The van der Waals surface area contributed by atoms with Gasteiger partial charge in [-0.25, -0.2) is 4.79 Å². The first-order chi connectivity index (χ1) is 17.6. The van der Waals surface area contributed by atoms with E-state index < -0.39 is 0 Å². The van der Waals surface area contributed by atoms with E-state index >= 15 is 0 Å². The standard InChI is InChI=1S/C31H63N3O2/c1-4-6-8-9-10-11-12-13-14-15-16-17-18-19-20-23-27-32-31(36)33-28-24-21-22-26-30(35)34(3)29-25-7-5-2/h4-29H2,1-3H3,(H2,32,33,36). The zero-order valence-electron chi connectivity index (χ0n) is 24.6. The topological polar surface area (TPSA) is 61.4 Å². The van der Waals surface area contributed by atoms with Crippen LogP contribution < -0.4 is 10.6 Å². The minimum absolute atomic E-state index is 0.0531. The third-order valence-corrected chi connectivity index (χ3v) is 7.19. The summed E-state index contributed by atoms with van der Waals surface area (Å²) in [6.07, 6.45) is 28.7. The van der Waals surface area contributed by atoms with Crippen molar-refractivity contribution >= 4 is 11.9 Å². The maximum atomic E-state index is 12.1. The molecule has 0 unspecified atom stereocenters. The molecule has 0 fully saturated rings. The van der Waals surface area contributed by atoms with E-state index in [0.29, 0.717) is 13.0 Å². The molecule has 5 nitrogen and oxygen atoms in total. The predicted octanol–water partition coefficient (Wildman–Crippen LogP) is 8.76. The molecule has 0 aromatic rings. The molecular weight excluding hydrogens is 446 g/mol. The van der Waals surface area contributed by atoms with Crippen LogP contribution in [0, 0.1) is 0 Å². The van der Waals surface area contributed by atoms with Gasteiger partial charge in [0.25, 0.3) is 0 Å². The van der Waals surface area contributed by atoms with Crippen molar-refractivity contribution in [2.24, 2.45) is 0 Å². The Morgan fingerprint density at radius 1 is 0.500 bits per heavy atom. The van der Waals surface area contributed by atoms with Crippen LogP contribution in [0.1, 0.15) is 162 Å². The average molecular weight is 510 g/mol. The third kappa shape index (κ3) is 25.8. The highest BCUT2D eigenvalue weighted by atomic mass is 16.2. The minimum atomic E-state index is -0.0531. The van der Waals surface area contributed by atoms with Crippen molar-refractivity contribution in [2.45, 2.75) is 162 Å². The van der Waals surface area contributed by atoms with Crippen molar-refractivity contribution in [3.05, 3.63) is 0 Å². The first kappa shape index (κ1) is 34.7. The van der Waals surface area contributed by atoms with Crippen LogP contribution in [-0.4, -0.2) is 43.5 Å². The third-order valence-electron chi connectivity index (χ3n) is 7.19. The van der Waals surface area contributed by atoms with Crippen LogP contribution in [0.25, 0.3) is 0 Å². The van der Waals surface area contributed by atoms with Crippen molar-refractivity contribution in [1.29, 1.82) is 0 Å². The summed E-state index contributed by atoms with van der Waals surface area (Å²) in [5.41, 5.74) is 0. The number of amides is 3. The summed E-state index contributed by atoms with van der Waals surface area (Å²) < 4.78 is 0.